The van der Waals surface area contributed by atoms with Gasteiger partial charge in [0.2, 0.25) is 0 Å². The average molecular weight is 240 g/mol. The molecule has 5 heteroatoms. The number of anilines is 1. The van der Waals surface area contributed by atoms with E-state index >= 15 is 0 Å². The van der Waals surface area contributed by atoms with Crippen LogP contribution in [0.3, 0.4) is 0 Å². The van der Waals surface area contributed by atoms with Crippen LogP contribution in [0.5, 0.6) is 0 Å². The summed E-state index contributed by atoms with van der Waals surface area (Å²) in [7, 11) is 0. The van der Waals surface area contributed by atoms with Crippen LogP contribution in [0, 0.1) is 6.92 Å². The van der Waals surface area contributed by atoms with Gasteiger partial charge >= 0.3 is 0 Å². The summed E-state index contributed by atoms with van der Waals surface area (Å²) in [5.74, 6) is 0. The van der Waals surface area contributed by atoms with Crippen LogP contribution in [-0.4, -0.2) is 43.5 Å². The molecule has 1 aromatic heterocycles. The summed E-state index contributed by atoms with van der Waals surface area (Å²) in [6, 6.07) is 0.355. The number of hydrogen-bond donors (Lipinski definition) is 0. The monoisotopic (exact) mass is 240 g/mol. The molecule has 1 aromatic rings. The Kier molecular flexibility index (Phi) is 2.83. The number of hydrogen-bond acceptors (Lipinski definition) is 5. The van der Waals surface area contributed by atoms with Gasteiger partial charge in [0.1, 0.15) is 0 Å². The van der Waals surface area contributed by atoms with Gasteiger partial charge in [0.15, 0.2) is 5.13 Å². The number of morpholine rings is 1. The van der Waals surface area contributed by atoms with Crippen LogP contribution >= 0.6 is 11.3 Å². The van der Waals surface area contributed by atoms with Crippen molar-refractivity contribution in [2.45, 2.75) is 25.5 Å². The molecule has 0 bridgehead atoms. The Morgan fingerprint density at radius 2 is 2.44 bits per heavy atom. The molecule has 2 fully saturated rings. The maximum absolute atomic E-state index is 5.80. The van der Waals surface area contributed by atoms with Crippen molar-refractivity contribution in [3.63, 3.8) is 0 Å². The zero-order chi connectivity index (χ0) is 11.0. The topological polar surface area (TPSA) is 34.6 Å². The van der Waals surface area contributed by atoms with Crippen LogP contribution in [0.1, 0.15) is 12.1 Å². The minimum absolute atomic E-state index is 0.326. The zero-order valence-corrected chi connectivity index (χ0v) is 10.2. The lowest BCUT2D eigenvalue weighted by Gasteiger charge is -2.43. The third kappa shape index (κ3) is 1.83. The molecular weight excluding hydrogens is 224 g/mol. The van der Waals surface area contributed by atoms with Crippen molar-refractivity contribution in [1.82, 2.24) is 4.98 Å². The van der Waals surface area contributed by atoms with Crippen molar-refractivity contribution in [3.8, 4) is 0 Å². The molecule has 3 rings (SSSR count). The SMILES string of the molecule is Cc1csc(N2CCO[C@@H]3CCOC[C@H]32)n1. The molecule has 2 aliphatic rings. The molecule has 88 valence electrons. The Labute approximate surface area is 99.2 Å². The molecule has 0 unspecified atom stereocenters. The van der Waals surface area contributed by atoms with Gasteiger partial charge in [0, 0.05) is 18.5 Å². The molecule has 2 atom stereocenters. The van der Waals surface area contributed by atoms with E-state index in [0.717, 1.165) is 43.6 Å². The number of ether oxygens (including phenoxy) is 2. The van der Waals surface area contributed by atoms with E-state index in [4.69, 9.17) is 9.47 Å². The summed E-state index contributed by atoms with van der Waals surface area (Å²) in [6.45, 7) is 5.36. The molecule has 16 heavy (non-hydrogen) atoms. The number of aromatic nitrogens is 1. The fourth-order valence-corrected chi connectivity index (χ4v) is 3.26. The highest BCUT2D eigenvalue weighted by Crippen LogP contribution is 2.29. The minimum Gasteiger partial charge on any atom is -0.379 e. The van der Waals surface area contributed by atoms with Crippen LogP contribution in [0.4, 0.5) is 5.13 Å². The number of fused-ring (bicyclic) bond motifs is 1. The predicted molar refractivity (Wildman–Crippen MR) is 63.2 cm³/mol. The molecule has 0 N–H and O–H groups in total. The summed E-state index contributed by atoms with van der Waals surface area (Å²) in [4.78, 5) is 6.91. The second kappa shape index (κ2) is 4.31. The number of rotatable bonds is 1. The highest BCUT2D eigenvalue weighted by atomic mass is 32.1. The van der Waals surface area contributed by atoms with Gasteiger partial charge in [0.05, 0.1) is 31.1 Å². The predicted octanol–water partition coefficient (Wildman–Crippen LogP) is 1.45. The highest BCUT2D eigenvalue weighted by Gasteiger charge is 2.36. The summed E-state index contributed by atoms with van der Waals surface area (Å²) in [5, 5.41) is 3.21. The average Bonchev–Trinajstić information content (AvgIpc) is 2.75. The quantitative estimate of drug-likeness (QED) is 0.744. The van der Waals surface area contributed by atoms with E-state index in [2.05, 4.69) is 15.3 Å². The summed E-state index contributed by atoms with van der Waals surface area (Å²) >= 11 is 1.72. The summed E-state index contributed by atoms with van der Waals surface area (Å²) < 4.78 is 11.3. The van der Waals surface area contributed by atoms with Crippen molar-refractivity contribution in [2.75, 3.05) is 31.3 Å². The van der Waals surface area contributed by atoms with E-state index in [1.807, 2.05) is 6.92 Å². The van der Waals surface area contributed by atoms with Crippen molar-refractivity contribution in [3.05, 3.63) is 11.1 Å². The highest BCUT2D eigenvalue weighted by molar-refractivity contribution is 7.13. The Balaban J connectivity index is 1.82. The zero-order valence-electron chi connectivity index (χ0n) is 9.39. The van der Waals surface area contributed by atoms with Gasteiger partial charge in [-0.3, -0.25) is 0 Å². The van der Waals surface area contributed by atoms with Gasteiger partial charge in [-0.25, -0.2) is 4.98 Å². The first-order valence-electron chi connectivity index (χ1n) is 5.73. The van der Waals surface area contributed by atoms with Crippen LogP contribution in [0.15, 0.2) is 5.38 Å². The van der Waals surface area contributed by atoms with Crippen molar-refractivity contribution in [2.24, 2.45) is 0 Å². The van der Waals surface area contributed by atoms with E-state index in [1.54, 1.807) is 11.3 Å². The van der Waals surface area contributed by atoms with Gasteiger partial charge < -0.3 is 14.4 Å². The lowest BCUT2D eigenvalue weighted by molar-refractivity contribution is -0.0653. The van der Waals surface area contributed by atoms with E-state index in [1.165, 1.54) is 0 Å². The third-order valence-corrected chi connectivity index (χ3v) is 4.18. The molecule has 4 nitrogen and oxygen atoms in total. The third-order valence-electron chi connectivity index (χ3n) is 3.18. The largest absolute Gasteiger partial charge is 0.379 e. The van der Waals surface area contributed by atoms with Gasteiger partial charge in [-0.2, -0.15) is 0 Å². The molecular formula is C11H16N2O2S. The Morgan fingerprint density at radius 3 is 3.25 bits per heavy atom. The lowest BCUT2D eigenvalue weighted by Crippen LogP contribution is -2.56. The van der Waals surface area contributed by atoms with Crippen LogP contribution in [-0.2, 0) is 9.47 Å². The molecule has 0 saturated carbocycles. The number of nitrogens with zero attached hydrogens (tertiary/aromatic N) is 2. The van der Waals surface area contributed by atoms with E-state index in [9.17, 15) is 0 Å². The maximum Gasteiger partial charge on any atom is 0.185 e. The van der Waals surface area contributed by atoms with Crippen molar-refractivity contribution < 1.29 is 9.47 Å². The van der Waals surface area contributed by atoms with E-state index in [0.29, 0.717) is 12.1 Å². The Morgan fingerprint density at radius 1 is 1.50 bits per heavy atom. The molecule has 0 radical (unpaired) electrons. The van der Waals surface area contributed by atoms with Gasteiger partial charge in [-0.1, -0.05) is 0 Å². The van der Waals surface area contributed by atoms with Crippen LogP contribution < -0.4 is 4.90 Å². The summed E-state index contributed by atoms with van der Waals surface area (Å²) in [6.07, 6.45) is 1.33. The molecule has 3 heterocycles. The summed E-state index contributed by atoms with van der Waals surface area (Å²) in [5.41, 5.74) is 1.10. The molecule has 0 aromatic carbocycles. The molecule has 0 aliphatic carbocycles. The first-order chi connectivity index (χ1) is 7.84. The molecule has 0 spiro atoms. The van der Waals surface area contributed by atoms with Gasteiger partial charge in [0.25, 0.3) is 0 Å². The van der Waals surface area contributed by atoms with Gasteiger partial charge in [-0.15, -0.1) is 11.3 Å². The van der Waals surface area contributed by atoms with Crippen molar-refractivity contribution >= 4 is 16.5 Å². The number of thiazole rings is 1. The second-order valence-electron chi connectivity index (χ2n) is 4.31. The van der Waals surface area contributed by atoms with E-state index in [-0.39, 0.29) is 0 Å². The fraction of sp³-hybridized carbons (Fsp3) is 0.727. The van der Waals surface area contributed by atoms with E-state index < -0.39 is 0 Å². The fourth-order valence-electron chi connectivity index (χ4n) is 2.37. The second-order valence-corrected chi connectivity index (χ2v) is 5.14. The van der Waals surface area contributed by atoms with Crippen molar-refractivity contribution in [1.29, 1.82) is 0 Å². The minimum atomic E-state index is 0.326. The normalized spacial score (nSPS) is 30.2. The Hall–Kier alpha value is -0.650. The molecule has 0 amide bonds. The smallest absolute Gasteiger partial charge is 0.185 e. The Bertz CT molecular complexity index is 367. The first kappa shape index (κ1) is 10.5. The van der Waals surface area contributed by atoms with Crippen LogP contribution in [0.2, 0.25) is 0 Å². The van der Waals surface area contributed by atoms with Gasteiger partial charge in [-0.05, 0) is 13.3 Å². The maximum atomic E-state index is 5.80. The standard InChI is InChI=1S/C11H16N2O2S/c1-8-7-16-11(12-8)13-3-5-15-10-2-4-14-6-9(10)13/h7,9-10H,2-6H2,1H3/t9-,10-/m1/s1. The van der Waals surface area contributed by atoms with Crippen LogP contribution in [0.25, 0.3) is 0 Å². The number of aryl methyl sites for hydroxylation is 1. The molecule has 2 saturated heterocycles. The lowest BCUT2D eigenvalue weighted by atomic mass is 10.0. The first-order valence-corrected chi connectivity index (χ1v) is 6.60. The molecule has 2 aliphatic heterocycles.